The van der Waals surface area contributed by atoms with Crippen molar-refractivity contribution in [1.82, 2.24) is 5.32 Å². The van der Waals surface area contributed by atoms with Gasteiger partial charge in [-0.05, 0) is 25.1 Å². The summed E-state index contributed by atoms with van der Waals surface area (Å²) in [6.45, 7) is 2.19. The fraction of sp³-hybridized carbons (Fsp3) is 0.400. The Bertz CT molecular complexity index is 366. The third-order valence-corrected chi connectivity index (χ3v) is 2.23. The van der Waals surface area contributed by atoms with Crippen molar-refractivity contribution in [2.24, 2.45) is 0 Å². The summed E-state index contributed by atoms with van der Waals surface area (Å²) in [5.74, 6) is 0. The summed E-state index contributed by atoms with van der Waals surface area (Å²) in [6, 6.07) is 4.49. The molecular formula is C10H14N2O3. The number of non-ortho nitro benzene ring substituents is 1. The predicted molar refractivity (Wildman–Crippen MR) is 56.7 cm³/mol. The van der Waals surface area contributed by atoms with Crippen LogP contribution in [0.4, 0.5) is 5.69 Å². The number of nitro benzene ring substituents is 1. The van der Waals surface area contributed by atoms with Crippen LogP contribution in [0.3, 0.4) is 0 Å². The molecule has 82 valence electrons. The lowest BCUT2D eigenvalue weighted by Gasteiger charge is -2.12. The van der Waals surface area contributed by atoms with Gasteiger partial charge in [0.15, 0.2) is 0 Å². The SMILES string of the molecule is CNCC(O)c1cc([N+](=O)[O-])ccc1C. The molecule has 0 radical (unpaired) electrons. The summed E-state index contributed by atoms with van der Waals surface area (Å²) < 4.78 is 0. The van der Waals surface area contributed by atoms with Gasteiger partial charge in [0.1, 0.15) is 0 Å². The highest BCUT2D eigenvalue weighted by Gasteiger charge is 2.14. The Morgan fingerprint density at radius 2 is 2.27 bits per heavy atom. The first-order valence-electron chi connectivity index (χ1n) is 4.64. The summed E-state index contributed by atoms with van der Waals surface area (Å²) >= 11 is 0. The lowest BCUT2D eigenvalue weighted by Crippen LogP contribution is -2.17. The van der Waals surface area contributed by atoms with Gasteiger partial charge >= 0.3 is 0 Å². The van der Waals surface area contributed by atoms with Crippen LogP contribution in [0.25, 0.3) is 0 Å². The Morgan fingerprint density at radius 1 is 1.60 bits per heavy atom. The van der Waals surface area contributed by atoms with Gasteiger partial charge in [-0.15, -0.1) is 0 Å². The topological polar surface area (TPSA) is 75.4 Å². The summed E-state index contributed by atoms with van der Waals surface area (Å²) in [5, 5.41) is 23.1. The van der Waals surface area contributed by atoms with Crippen molar-refractivity contribution in [2.45, 2.75) is 13.0 Å². The van der Waals surface area contributed by atoms with Gasteiger partial charge in [0.05, 0.1) is 11.0 Å². The molecule has 15 heavy (non-hydrogen) atoms. The van der Waals surface area contributed by atoms with E-state index >= 15 is 0 Å². The van der Waals surface area contributed by atoms with E-state index in [-0.39, 0.29) is 5.69 Å². The van der Waals surface area contributed by atoms with E-state index in [9.17, 15) is 15.2 Å². The molecule has 0 spiro atoms. The van der Waals surface area contributed by atoms with E-state index in [2.05, 4.69) is 5.32 Å². The molecule has 1 rings (SSSR count). The van der Waals surface area contributed by atoms with Crippen LogP contribution in [0.1, 0.15) is 17.2 Å². The van der Waals surface area contributed by atoms with E-state index in [0.29, 0.717) is 12.1 Å². The van der Waals surface area contributed by atoms with Gasteiger partial charge in [-0.25, -0.2) is 0 Å². The van der Waals surface area contributed by atoms with Crippen molar-refractivity contribution in [3.63, 3.8) is 0 Å². The molecule has 5 heteroatoms. The molecule has 0 amide bonds. The van der Waals surface area contributed by atoms with Crippen molar-refractivity contribution in [3.05, 3.63) is 39.4 Å². The van der Waals surface area contributed by atoms with E-state index in [1.54, 1.807) is 13.1 Å². The number of likely N-dealkylation sites (N-methyl/N-ethyl adjacent to an activating group) is 1. The largest absolute Gasteiger partial charge is 0.387 e. The van der Waals surface area contributed by atoms with E-state index in [1.165, 1.54) is 12.1 Å². The number of hydrogen-bond donors (Lipinski definition) is 2. The zero-order valence-corrected chi connectivity index (χ0v) is 8.73. The molecule has 0 aliphatic carbocycles. The molecule has 1 aromatic rings. The molecule has 5 nitrogen and oxygen atoms in total. The molecule has 2 N–H and O–H groups in total. The number of nitrogens with zero attached hydrogens (tertiary/aromatic N) is 1. The second-order valence-electron chi connectivity index (χ2n) is 3.37. The molecule has 0 aliphatic rings. The number of benzene rings is 1. The Morgan fingerprint density at radius 3 is 2.80 bits per heavy atom. The van der Waals surface area contributed by atoms with Crippen LogP contribution >= 0.6 is 0 Å². The highest BCUT2D eigenvalue weighted by molar-refractivity contribution is 5.40. The smallest absolute Gasteiger partial charge is 0.269 e. The summed E-state index contributed by atoms with van der Waals surface area (Å²) in [7, 11) is 1.72. The molecule has 0 aromatic heterocycles. The van der Waals surface area contributed by atoms with E-state index < -0.39 is 11.0 Å². The average molecular weight is 210 g/mol. The molecular weight excluding hydrogens is 196 g/mol. The van der Waals surface area contributed by atoms with Crippen molar-refractivity contribution in [3.8, 4) is 0 Å². The van der Waals surface area contributed by atoms with Crippen LogP contribution in [-0.2, 0) is 0 Å². The van der Waals surface area contributed by atoms with Crippen LogP contribution in [-0.4, -0.2) is 23.6 Å². The zero-order valence-electron chi connectivity index (χ0n) is 8.73. The van der Waals surface area contributed by atoms with Gasteiger partial charge in [-0.1, -0.05) is 6.07 Å². The molecule has 0 fully saturated rings. The standard InChI is InChI=1S/C10H14N2O3/c1-7-3-4-8(12(14)15)5-9(7)10(13)6-11-2/h3-5,10-11,13H,6H2,1-2H3. The molecule has 1 aromatic carbocycles. The molecule has 1 atom stereocenters. The zero-order chi connectivity index (χ0) is 11.4. The minimum absolute atomic E-state index is 0.00533. The average Bonchev–Trinajstić information content (AvgIpc) is 2.18. The lowest BCUT2D eigenvalue weighted by molar-refractivity contribution is -0.385. The minimum atomic E-state index is -0.713. The van der Waals surface area contributed by atoms with Crippen LogP contribution in [0, 0.1) is 17.0 Å². The Kier molecular flexibility index (Phi) is 3.76. The van der Waals surface area contributed by atoms with Gasteiger partial charge in [0, 0.05) is 18.7 Å². The van der Waals surface area contributed by atoms with Gasteiger partial charge in [-0.3, -0.25) is 10.1 Å². The lowest BCUT2D eigenvalue weighted by atomic mass is 10.0. The summed E-state index contributed by atoms with van der Waals surface area (Å²) in [4.78, 5) is 10.1. The van der Waals surface area contributed by atoms with Crippen molar-refractivity contribution >= 4 is 5.69 Å². The maximum atomic E-state index is 10.6. The molecule has 0 heterocycles. The van der Waals surface area contributed by atoms with E-state index in [0.717, 1.165) is 5.56 Å². The van der Waals surface area contributed by atoms with Crippen LogP contribution in [0.15, 0.2) is 18.2 Å². The first-order valence-corrected chi connectivity index (χ1v) is 4.64. The number of aliphatic hydroxyl groups is 1. The third-order valence-electron chi connectivity index (χ3n) is 2.23. The van der Waals surface area contributed by atoms with E-state index in [1.807, 2.05) is 6.92 Å². The number of hydrogen-bond acceptors (Lipinski definition) is 4. The molecule has 1 unspecified atom stereocenters. The highest BCUT2D eigenvalue weighted by Crippen LogP contribution is 2.22. The van der Waals surface area contributed by atoms with Gasteiger partial charge in [-0.2, -0.15) is 0 Å². The van der Waals surface area contributed by atoms with Crippen molar-refractivity contribution < 1.29 is 10.0 Å². The first kappa shape index (κ1) is 11.6. The van der Waals surface area contributed by atoms with Gasteiger partial charge < -0.3 is 10.4 Å². The molecule has 0 aliphatic heterocycles. The van der Waals surface area contributed by atoms with Crippen LogP contribution in [0.2, 0.25) is 0 Å². The number of nitrogens with one attached hydrogen (secondary N) is 1. The number of aryl methyl sites for hydroxylation is 1. The maximum Gasteiger partial charge on any atom is 0.269 e. The first-order chi connectivity index (χ1) is 7.06. The maximum absolute atomic E-state index is 10.6. The number of aliphatic hydroxyl groups excluding tert-OH is 1. The van der Waals surface area contributed by atoms with Gasteiger partial charge in [0.2, 0.25) is 0 Å². The quantitative estimate of drug-likeness (QED) is 0.577. The molecule has 0 saturated heterocycles. The second-order valence-corrected chi connectivity index (χ2v) is 3.37. The van der Waals surface area contributed by atoms with Crippen LogP contribution < -0.4 is 5.32 Å². The Hall–Kier alpha value is -1.46. The fourth-order valence-electron chi connectivity index (χ4n) is 1.40. The monoisotopic (exact) mass is 210 g/mol. The molecule has 0 saturated carbocycles. The van der Waals surface area contributed by atoms with E-state index in [4.69, 9.17) is 0 Å². The third kappa shape index (κ3) is 2.74. The highest BCUT2D eigenvalue weighted by atomic mass is 16.6. The summed E-state index contributed by atoms with van der Waals surface area (Å²) in [6.07, 6.45) is -0.713. The number of nitro groups is 1. The Labute approximate surface area is 87.9 Å². The summed E-state index contributed by atoms with van der Waals surface area (Å²) in [5.41, 5.74) is 1.45. The van der Waals surface area contributed by atoms with Crippen molar-refractivity contribution in [1.29, 1.82) is 0 Å². The van der Waals surface area contributed by atoms with Crippen LogP contribution in [0.5, 0.6) is 0 Å². The second kappa shape index (κ2) is 4.86. The van der Waals surface area contributed by atoms with Gasteiger partial charge in [0.25, 0.3) is 5.69 Å². The van der Waals surface area contributed by atoms with Crippen molar-refractivity contribution in [2.75, 3.05) is 13.6 Å². The fourth-order valence-corrected chi connectivity index (χ4v) is 1.40. The normalized spacial score (nSPS) is 12.5. The Balaban J connectivity index is 3.04. The number of rotatable bonds is 4. The predicted octanol–water partition coefficient (Wildman–Crippen LogP) is 1.16. The minimum Gasteiger partial charge on any atom is -0.387 e. The molecule has 0 bridgehead atoms.